The van der Waals surface area contributed by atoms with Crippen LogP contribution in [0.1, 0.15) is 38.3 Å². The van der Waals surface area contributed by atoms with Gasteiger partial charge in [-0.25, -0.2) is 4.79 Å². The third-order valence-corrected chi connectivity index (χ3v) is 10.7. The lowest BCUT2D eigenvalue weighted by Crippen LogP contribution is -2.37. The van der Waals surface area contributed by atoms with Gasteiger partial charge in [-0.1, -0.05) is 44.0 Å². The van der Waals surface area contributed by atoms with Gasteiger partial charge in [0.05, 0.1) is 23.1 Å². The summed E-state index contributed by atoms with van der Waals surface area (Å²) in [5.74, 6) is -1.55. The van der Waals surface area contributed by atoms with Crippen molar-refractivity contribution in [3.05, 3.63) is 64.7 Å². The third kappa shape index (κ3) is 3.66. The van der Waals surface area contributed by atoms with Crippen molar-refractivity contribution in [1.82, 2.24) is 0 Å². The summed E-state index contributed by atoms with van der Waals surface area (Å²) >= 11 is 7.38. The molecule has 2 saturated carbocycles. The van der Waals surface area contributed by atoms with E-state index in [0.717, 1.165) is 17.5 Å². The summed E-state index contributed by atoms with van der Waals surface area (Å²) in [6.45, 7) is 3.52. The molecule has 8 heteroatoms. The van der Waals surface area contributed by atoms with Gasteiger partial charge in [-0.2, -0.15) is 0 Å². The molecule has 3 fully saturated rings. The topological polar surface area (TPSA) is 80.8 Å². The largest absolute Gasteiger partial charge is 0.454 e. The second-order valence-corrected chi connectivity index (χ2v) is 11.5. The quantitative estimate of drug-likeness (QED) is 0.220. The zero-order chi connectivity index (χ0) is 24.3. The number of aryl methyl sites for hydroxylation is 2. The number of rotatable bonds is 5. The van der Waals surface area contributed by atoms with Gasteiger partial charge in [0.25, 0.3) is 0 Å². The highest BCUT2D eigenvalue weighted by Gasteiger charge is 2.66. The lowest BCUT2D eigenvalue weighted by atomic mass is 9.81. The van der Waals surface area contributed by atoms with Gasteiger partial charge in [0.2, 0.25) is 11.8 Å². The molecule has 2 aromatic rings. The number of esters is 1. The molecule has 1 aliphatic heterocycles. The number of benzene rings is 2. The van der Waals surface area contributed by atoms with Crippen molar-refractivity contribution in [3.8, 4) is 0 Å². The van der Waals surface area contributed by atoms with E-state index in [4.69, 9.17) is 4.74 Å². The predicted molar refractivity (Wildman–Crippen MR) is 133 cm³/mol. The normalized spacial score (nSPS) is 29.5. The number of imide groups is 1. The van der Waals surface area contributed by atoms with Crippen LogP contribution in [0.15, 0.2) is 42.5 Å². The second-order valence-electron chi connectivity index (χ2n) is 9.36. The number of hydrogen-bond donors (Lipinski definition) is 0. The molecule has 2 aromatic carbocycles. The molecular weight excluding hydrogens is 566 g/mol. The predicted octanol–water partition coefficient (Wildman–Crippen LogP) is 4.63. The minimum Gasteiger partial charge on any atom is -0.454 e. The minimum absolute atomic E-state index is 0.143. The maximum absolute atomic E-state index is 13.2. The van der Waals surface area contributed by atoms with Crippen LogP contribution in [0.4, 0.5) is 5.69 Å². The fourth-order valence-electron chi connectivity index (χ4n) is 5.56. The zero-order valence-electron chi connectivity index (χ0n) is 18.7. The van der Waals surface area contributed by atoms with Crippen LogP contribution in [0.5, 0.6) is 0 Å². The molecule has 176 valence electrons. The summed E-state index contributed by atoms with van der Waals surface area (Å²) in [6, 6.07) is 11.6. The van der Waals surface area contributed by atoms with Gasteiger partial charge < -0.3 is 4.74 Å². The van der Waals surface area contributed by atoms with Crippen LogP contribution in [0.25, 0.3) is 0 Å². The number of hydrogen-bond acceptors (Lipinski definition) is 5. The molecule has 3 aliphatic rings. The van der Waals surface area contributed by atoms with E-state index in [2.05, 4.69) is 31.9 Å². The van der Waals surface area contributed by atoms with E-state index < -0.39 is 5.97 Å². The van der Waals surface area contributed by atoms with E-state index in [1.54, 1.807) is 24.3 Å². The van der Waals surface area contributed by atoms with E-state index >= 15 is 0 Å². The van der Waals surface area contributed by atoms with E-state index in [1.807, 2.05) is 19.9 Å². The Bertz CT molecular complexity index is 1180. The van der Waals surface area contributed by atoms with Crippen LogP contribution < -0.4 is 4.90 Å². The van der Waals surface area contributed by atoms with Crippen molar-refractivity contribution in [3.63, 3.8) is 0 Å². The van der Waals surface area contributed by atoms with Crippen LogP contribution in [-0.2, 0) is 14.3 Å². The van der Waals surface area contributed by atoms with Crippen molar-refractivity contribution in [1.29, 1.82) is 0 Å². The molecule has 0 unspecified atom stereocenters. The number of fused-ring (bicyclic) bond motifs is 5. The molecule has 6 nitrogen and oxygen atoms in total. The first kappa shape index (κ1) is 23.4. The summed E-state index contributed by atoms with van der Waals surface area (Å²) in [7, 11) is 0. The summed E-state index contributed by atoms with van der Waals surface area (Å²) in [5, 5.41) is 0. The molecule has 0 spiro atoms. The van der Waals surface area contributed by atoms with Gasteiger partial charge in [0.15, 0.2) is 12.4 Å². The number of nitrogens with zero attached hydrogens (tertiary/aromatic N) is 1. The van der Waals surface area contributed by atoms with Gasteiger partial charge in [-0.05, 0) is 73.6 Å². The van der Waals surface area contributed by atoms with Crippen molar-refractivity contribution in [2.45, 2.75) is 29.9 Å². The molecule has 0 N–H and O–H groups in total. The number of alkyl halides is 2. The summed E-state index contributed by atoms with van der Waals surface area (Å²) in [4.78, 5) is 52.8. The molecule has 1 saturated heterocycles. The number of amides is 2. The van der Waals surface area contributed by atoms with Gasteiger partial charge >= 0.3 is 5.97 Å². The number of ketones is 1. The molecule has 6 atom stereocenters. The fourth-order valence-corrected chi connectivity index (χ4v) is 7.44. The first-order chi connectivity index (χ1) is 16.2. The summed E-state index contributed by atoms with van der Waals surface area (Å²) in [6.07, 6.45) is 0.873. The monoisotopic (exact) mass is 587 g/mol. The number of carbonyl (C=O) groups excluding carboxylic acids is 4. The van der Waals surface area contributed by atoms with Gasteiger partial charge in [0, 0.05) is 15.2 Å². The molecule has 34 heavy (non-hydrogen) atoms. The Labute approximate surface area is 214 Å². The summed E-state index contributed by atoms with van der Waals surface area (Å²) in [5.41, 5.74) is 3.27. The number of anilines is 1. The van der Waals surface area contributed by atoms with Crippen molar-refractivity contribution < 1.29 is 23.9 Å². The molecular formula is C26H23Br2NO5. The minimum atomic E-state index is -0.637. The Morgan fingerprint density at radius 1 is 0.882 bits per heavy atom. The van der Waals surface area contributed by atoms with Crippen LogP contribution in [0, 0.1) is 37.5 Å². The van der Waals surface area contributed by atoms with Crippen LogP contribution in [0.3, 0.4) is 0 Å². The highest BCUT2D eigenvalue weighted by atomic mass is 79.9. The maximum atomic E-state index is 13.2. The first-order valence-electron chi connectivity index (χ1n) is 11.2. The molecule has 2 aliphatic carbocycles. The standard InChI is InChI=1S/C26H23Br2NO5/c1-12-3-4-15(9-13(12)2)19(30)11-34-26(33)14-5-7-16(8-6-14)29-24(31)20-17-10-18(21(20)25(29)32)23(28)22(17)27/h3-9,17-18,20-23H,10-11H2,1-2H3/t17-,18-,20-,21+,22+,23+/m1/s1. The molecule has 5 rings (SSSR count). The van der Waals surface area contributed by atoms with Gasteiger partial charge in [-0.3, -0.25) is 19.3 Å². The Balaban J connectivity index is 1.25. The Hall–Kier alpha value is -2.32. The highest BCUT2D eigenvalue weighted by Crippen LogP contribution is 2.60. The number of ether oxygens (including phenoxy) is 1. The van der Waals surface area contributed by atoms with Crippen molar-refractivity contribution >= 4 is 61.1 Å². The summed E-state index contributed by atoms with van der Waals surface area (Å²) < 4.78 is 5.20. The lowest BCUT2D eigenvalue weighted by molar-refractivity contribution is -0.123. The van der Waals surface area contributed by atoms with Crippen molar-refractivity contribution in [2.75, 3.05) is 11.5 Å². The van der Waals surface area contributed by atoms with Crippen LogP contribution >= 0.6 is 31.9 Å². The Kier molecular flexibility index (Phi) is 6.01. The molecule has 0 aromatic heterocycles. The van der Waals surface area contributed by atoms with Gasteiger partial charge in [-0.15, -0.1) is 0 Å². The van der Waals surface area contributed by atoms with Gasteiger partial charge in [0.1, 0.15) is 0 Å². The first-order valence-corrected chi connectivity index (χ1v) is 13.1. The SMILES string of the molecule is Cc1ccc(C(=O)COC(=O)c2ccc(N3C(=O)[C@@H]4[C@H]5C[C@@H]([C@H](Br)[C@H]5Br)[C@@H]4C3=O)cc2)cc1C. The van der Waals surface area contributed by atoms with E-state index in [1.165, 1.54) is 17.0 Å². The smallest absolute Gasteiger partial charge is 0.338 e. The molecule has 0 radical (unpaired) electrons. The fraction of sp³-hybridized carbons (Fsp3) is 0.385. The maximum Gasteiger partial charge on any atom is 0.338 e. The Morgan fingerprint density at radius 2 is 1.44 bits per heavy atom. The van der Waals surface area contributed by atoms with E-state index in [-0.39, 0.29) is 63.1 Å². The van der Waals surface area contributed by atoms with E-state index in [9.17, 15) is 19.2 Å². The van der Waals surface area contributed by atoms with Crippen LogP contribution in [0.2, 0.25) is 0 Å². The highest BCUT2D eigenvalue weighted by molar-refractivity contribution is 9.12. The zero-order valence-corrected chi connectivity index (χ0v) is 21.8. The molecule has 2 amide bonds. The van der Waals surface area contributed by atoms with Crippen LogP contribution in [-0.4, -0.2) is 39.8 Å². The van der Waals surface area contributed by atoms with E-state index in [0.29, 0.717) is 11.3 Å². The number of Topliss-reactive ketones (excluding diaryl/α,β-unsaturated/α-hetero) is 1. The van der Waals surface area contributed by atoms with Crippen molar-refractivity contribution in [2.24, 2.45) is 23.7 Å². The molecule has 1 heterocycles. The Morgan fingerprint density at radius 3 is 2.00 bits per heavy atom. The lowest BCUT2D eigenvalue weighted by Gasteiger charge is -2.28. The molecule has 2 bridgehead atoms. The number of carbonyl (C=O) groups is 4. The number of halogens is 2. The average Bonchev–Trinajstić information content (AvgIpc) is 3.44. The third-order valence-electron chi connectivity index (χ3n) is 7.51. The average molecular weight is 589 g/mol. The second kappa shape index (κ2) is 8.72.